The number of methoxy groups -OCH3 is 2. The maximum absolute atomic E-state index is 12.2. The number of carbonyl (C=O) groups is 2. The fourth-order valence-electron chi connectivity index (χ4n) is 2.65. The van der Waals surface area contributed by atoms with Gasteiger partial charge in [-0.2, -0.15) is 0 Å². The van der Waals surface area contributed by atoms with Gasteiger partial charge in [-0.1, -0.05) is 11.6 Å². The molecular weight excluding hydrogens is 334 g/mol. The Morgan fingerprint density at radius 2 is 1.92 bits per heavy atom. The Kier molecular flexibility index (Phi) is 6.09. The fraction of sp³-hybridized carbons (Fsp3) is 0.412. The minimum absolute atomic E-state index is 0.148. The summed E-state index contributed by atoms with van der Waals surface area (Å²) in [4.78, 5) is 24.8. The quantitative estimate of drug-likeness (QED) is 0.824. The van der Waals surface area contributed by atoms with E-state index in [0.29, 0.717) is 48.0 Å². The van der Waals surface area contributed by atoms with Gasteiger partial charge in [-0.25, -0.2) is 0 Å². The molecule has 1 heterocycles. The fourth-order valence-corrected chi connectivity index (χ4v) is 2.95. The standard InChI is InChI=1S/C17H20ClNO5/c1-23-14-10-11(9-13(18)16(14)24-2)3-4-15(20)19-7-5-12(6-8-19)17(21)22/h3-4,9-10,12H,5-8H2,1-2H3,(H,21,22). The van der Waals surface area contributed by atoms with Gasteiger partial charge >= 0.3 is 5.97 Å². The van der Waals surface area contributed by atoms with Crippen molar-refractivity contribution in [1.82, 2.24) is 4.90 Å². The molecule has 1 aliphatic rings. The van der Waals surface area contributed by atoms with Gasteiger partial charge < -0.3 is 19.5 Å². The smallest absolute Gasteiger partial charge is 0.306 e. The second kappa shape index (κ2) is 8.06. The van der Waals surface area contributed by atoms with E-state index in [0.717, 1.165) is 0 Å². The van der Waals surface area contributed by atoms with Crippen LogP contribution in [0.15, 0.2) is 18.2 Å². The molecule has 0 saturated carbocycles. The van der Waals surface area contributed by atoms with Gasteiger partial charge in [-0.15, -0.1) is 0 Å². The zero-order valence-electron chi connectivity index (χ0n) is 13.6. The number of hydrogen-bond acceptors (Lipinski definition) is 4. The van der Waals surface area contributed by atoms with Crippen LogP contribution in [0.25, 0.3) is 6.08 Å². The van der Waals surface area contributed by atoms with Crippen LogP contribution in [0, 0.1) is 5.92 Å². The first-order valence-corrected chi connectivity index (χ1v) is 7.95. The van der Waals surface area contributed by atoms with Crippen LogP contribution in [-0.4, -0.2) is 49.2 Å². The number of carboxylic acid groups (broad SMARTS) is 1. The topological polar surface area (TPSA) is 76.1 Å². The minimum Gasteiger partial charge on any atom is -0.493 e. The van der Waals surface area contributed by atoms with E-state index in [1.165, 1.54) is 20.3 Å². The van der Waals surface area contributed by atoms with Gasteiger partial charge in [0.25, 0.3) is 0 Å². The molecular formula is C17H20ClNO5. The average Bonchev–Trinajstić information content (AvgIpc) is 2.59. The molecule has 1 aliphatic heterocycles. The number of nitrogens with zero attached hydrogens (tertiary/aromatic N) is 1. The number of likely N-dealkylation sites (tertiary alicyclic amines) is 1. The molecule has 7 heteroatoms. The lowest BCUT2D eigenvalue weighted by Gasteiger charge is -2.29. The Bertz CT molecular complexity index is 651. The normalized spacial score (nSPS) is 15.5. The van der Waals surface area contributed by atoms with Crippen molar-refractivity contribution >= 4 is 29.6 Å². The van der Waals surface area contributed by atoms with Gasteiger partial charge in [0.15, 0.2) is 11.5 Å². The number of carboxylic acids is 1. The van der Waals surface area contributed by atoms with Crippen LogP contribution in [0.2, 0.25) is 5.02 Å². The van der Waals surface area contributed by atoms with Crippen LogP contribution < -0.4 is 9.47 Å². The second-order valence-electron chi connectivity index (χ2n) is 5.51. The first kappa shape index (κ1) is 18.1. The lowest BCUT2D eigenvalue weighted by molar-refractivity contribution is -0.144. The Morgan fingerprint density at radius 3 is 2.46 bits per heavy atom. The highest BCUT2D eigenvalue weighted by Crippen LogP contribution is 2.36. The van der Waals surface area contributed by atoms with E-state index in [9.17, 15) is 9.59 Å². The molecule has 0 radical (unpaired) electrons. The maximum Gasteiger partial charge on any atom is 0.306 e. The van der Waals surface area contributed by atoms with Crippen molar-refractivity contribution < 1.29 is 24.2 Å². The van der Waals surface area contributed by atoms with Crippen molar-refractivity contribution in [3.05, 3.63) is 28.8 Å². The highest BCUT2D eigenvalue weighted by Gasteiger charge is 2.25. The molecule has 1 fully saturated rings. The Balaban J connectivity index is 2.04. The molecule has 0 unspecified atom stereocenters. The zero-order valence-corrected chi connectivity index (χ0v) is 14.4. The monoisotopic (exact) mass is 353 g/mol. The molecule has 130 valence electrons. The van der Waals surface area contributed by atoms with Gasteiger partial charge in [-0.3, -0.25) is 9.59 Å². The molecule has 2 rings (SSSR count). The highest BCUT2D eigenvalue weighted by atomic mass is 35.5. The van der Waals surface area contributed by atoms with Crippen molar-refractivity contribution in [2.45, 2.75) is 12.8 Å². The summed E-state index contributed by atoms with van der Waals surface area (Å²) >= 11 is 6.13. The summed E-state index contributed by atoms with van der Waals surface area (Å²) in [5, 5.41) is 9.38. The lowest BCUT2D eigenvalue weighted by atomic mass is 9.97. The summed E-state index contributed by atoms with van der Waals surface area (Å²) in [6.07, 6.45) is 4.08. The third-order valence-corrected chi connectivity index (χ3v) is 4.31. The summed E-state index contributed by atoms with van der Waals surface area (Å²) in [6, 6.07) is 3.41. The van der Waals surface area contributed by atoms with E-state index < -0.39 is 5.97 Å². The molecule has 1 aromatic rings. The van der Waals surface area contributed by atoms with E-state index in [1.807, 2.05) is 0 Å². The van der Waals surface area contributed by atoms with Crippen molar-refractivity contribution in [1.29, 1.82) is 0 Å². The summed E-state index contributed by atoms with van der Waals surface area (Å²) < 4.78 is 10.4. The molecule has 1 saturated heterocycles. The van der Waals surface area contributed by atoms with Crippen LogP contribution >= 0.6 is 11.6 Å². The van der Waals surface area contributed by atoms with Gasteiger partial charge in [-0.05, 0) is 36.6 Å². The summed E-state index contributed by atoms with van der Waals surface area (Å²) in [7, 11) is 3.02. The van der Waals surface area contributed by atoms with E-state index >= 15 is 0 Å². The molecule has 0 aromatic heterocycles. The average molecular weight is 354 g/mol. The number of ether oxygens (including phenoxy) is 2. The van der Waals surface area contributed by atoms with Crippen molar-refractivity contribution in [2.24, 2.45) is 5.92 Å². The van der Waals surface area contributed by atoms with Crippen LogP contribution in [0.4, 0.5) is 0 Å². The maximum atomic E-state index is 12.2. The first-order chi connectivity index (χ1) is 11.5. The predicted octanol–water partition coefficient (Wildman–Crippen LogP) is 2.69. The molecule has 0 atom stereocenters. The first-order valence-electron chi connectivity index (χ1n) is 7.57. The molecule has 0 spiro atoms. The Labute approximate surface area is 145 Å². The second-order valence-corrected chi connectivity index (χ2v) is 5.92. The predicted molar refractivity (Wildman–Crippen MR) is 90.5 cm³/mol. The molecule has 0 aliphatic carbocycles. The molecule has 1 N–H and O–H groups in total. The van der Waals surface area contributed by atoms with Gasteiger partial charge in [0, 0.05) is 19.2 Å². The lowest BCUT2D eigenvalue weighted by Crippen LogP contribution is -2.39. The summed E-state index contributed by atoms with van der Waals surface area (Å²) in [5.74, 6) is -0.372. The number of carbonyl (C=O) groups excluding carboxylic acids is 1. The van der Waals surface area contributed by atoms with Crippen LogP contribution in [-0.2, 0) is 9.59 Å². The number of piperidine rings is 1. The number of benzene rings is 1. The summed E-state index contributed by atoms with van der Waals surface area (Å²) in [5.41, 5.74) is 0.714. The van der Waals surface area contributed by atoms with Crippen molar-refractivity contribution in [3.8, 4) is 11.5 Å². The zero-order chi connectivity index (χ0) is 17.7. The van der Waals surface area contributed by atoms with E-state index in [1.54, 1.807) is 23.1 Å². The van der Waals surface area contributed by atoms with E-state index in [2.05, 4.69) is 0 Å². The Morgan fingerprint density at radius 1 is 1.25 bits per heavy atom. The molecule has 0 bridgehead atoms. The largest absolute Gasteiger partial charge is 0.493 e. The van der Waals surface area contributed by atoms with Crippen LogP contribution in [0.5, 0.6) is 11.5 Å². The van der Waals surface area contributed by atoms with E-state index in [-0.39, 0.29) is 11.8 Å². The highest BCUT2D eigenvalue weighted by molar-refractivity contribution is 6.32. The number of aliphatic carboxylic acids is 1. The van der Waals surface area contributed by atoms with Gasteiger partial charge in [0.05, 0.1) is 25.2 Å². The number of hydrogen-bond donors (Lipinski definition) is 1. The molecule has 1 aromatic carbocycles. The van der Waals surface area contributed by atoms with Crippen molar-refractivity contribution in [2.75, 3.05) is 27.3 Å². The summed E-state index contributed by atoms with van der Waals surface area (Å²) in [6.45, 7) is 0.902. The number of amides is 1. The molecule has 24 heavy (non-hydrogen) atoms. The van der Waals surface area contributed by atoms with Crippen molar-refractivity contribution in [3.63, 3.8) is 0 Å². The minimum atomic E-state index is -0.794. The van der Waals surface area contributed by atoms with Gasteiger partial charge in [0.2, 0.25) is 5.91 Å². The third-order valence-electron chi connectivity index (χ3n) is 4.03. The SMILES string of the molecule is COc1cc(C=CC(=O)N2CCC(C(=O)O)CC2)cc(Cl)c1OC. The number of halogens is 1. The van der Waals surface area contributed by atoms with Crippen LogP contribution in [0.3, 0.4) is 0 Å². The Hall–Kier alpha value is -2.21. The van der Waals surface area contributed by atoms with Crippen LogP contribution in [0.1, 0.15) is 18.4 Å². The number of rotatable bonds is 5. The van der Waals surface area contributed by atoms with Gasteiger partial charge in [0.1, 0.15) is 0 Å². The van der Waals surface area contributed by atoms with E-state index in [4.69, 9.17) is 26.2 Å². The molecule has 6 nitrogen and oxygen atoms in total. The molecule has 1 amide bonds. The third kappa shape index (κ3) is 4.20.